The Bertz CT molecular complexity index is 48.1. The first-order valence-electron chi connectivity index (χ1n) is 2.52. The lowest BCUT2D eigenvalue weighted by molar-refractivity contribution is 0.824. The molecule has 0 saturated carbocycles. The van der Waals surface area contributed by atoms with Crippen LogP contribution in [0.2, 0.25) is 0 Å². The molecule has 0 spiro atoms. The van der Waals surface area contributed by atoms with E-state index in [2.05, 4.69) is 6.58 Å². The third-order valence-corrected chi connectivity index (χ3v) is 0.987. The van der Waals surface area contributed by atoms with E-state index < -0.39 is 0 Å². The van der Waals surface area contributed by atoms with Gasteiger partial charge in [-0.2, -0.15) is 0 Å². The summed E-state index contributed by atoms with van der Waals surface area (Å²) >= 11 is 5.61. The van der Waals surface area contributed by atoms with Gasteiger partial charge in [0.2, 0.25) is 0 Å². The Morgan fingerprint density at radius 3 is 2.57 bits per heavy atom. The number of rotatable bonds is 3. The van der Waals surface area contributed by atoms with Crippen LogP contribution in [0.25, 0.3) is 0 Å². The molecule has 1 atom stereocenters. The van der Waals surface area contributed by atoms with Crippen molar-refractivity contribution in [1.82, 2.24) is 0 Å². The highest BCUT2D eigenvalue weighted by molar-refractivity contribution is 6.20. The van der Waals surface area contributed by atoms with Crippen molar-refractivity contribution in [2.24, 2.45) is 0 Å². The second-order valence-electron chi connectivity index (χ2n) is 1.65. The molecule has 0 aromatic heterocycles. The molecular weight excluding hydrogens is 108 g/mol. The second-order valence-corrected chi connectivity index (χ2v) is 2.39. The van der Waals surface area contributed by atoms with Crippen molar-refractivity contribution in [1.29, 1.82) is 0 Å². The van der Waals surface area contributed by atoms with Gasteiger partial charge >= 0.3 is 0 Å². The highest BCUT2D eigenvalue weighted by atomic mass is 35.5. The Morgan fingerprint density at radius 2 is 2.43 bits per heavy atom. The first-order valence-corrected chi connectivity index (χ1v) is 2.96. The van der Waals surface area contributed by atoms with Gasteiger partial charge in [-0.15, -0.1) is 18.2 Å². The molecule has 0 saturated heterocycles. The van der Waals surface area contributed by atoms with E-state index in [9.17, 15) is 0 Å². The van der Waals surface area contributed by atoms with E-state index in [0.717, 1.165) is 12.8 Å². The minimum absolute atomic E-state index is 0.304. The molecule has 0 amide bonds. The van der Waals surface area contributed by atoms with Gasteiger partial charge in [0.25, 0.3) is 0 Å². The van der Waals surface area contributed by atoms with Crippen LogP contribution in [0.4, 0.5) is 0 Å². The molecule has 0 radical (unpaired) electrons. The van der Waals surface area contributed by atoms with Gasteiger partial charge < -0.3 is 0 Å². The molecule has 0 aliphatic heterocycles. The third-order valence-electron chi connectivity index (χ3n) is 0.769. The SMILES string of the molecule is C=CCC[C@H](C)Cl. The molecule has 0 aromatic rings. The highest BCUT2D eigenvalue weighted by Gasteiger charge is 1.89. The normalized spacial score (nSPS) is 13.4. The fourth-order valence-electron chi connectivity index (χ4n) is 0.348. The van der Waals surface area contributed by atoms with E-state index in [1.165, 1.54) is 0 Å². The number of halogens is 1. The maximum atomic E-state index is 5.61. The van der Waals surface area contributed by atoms with Gasteiger partial charge in [-0.05, 0) is 19.8 Å². The molecule has 0 heterocycles. The summed E-state index contributed by atoms with van der Waals surface area (Å²) in [5.41, 5.74) is 0. The van der Waals surface area contributed by atoms with Crippen molar-refractivity contribution in [3.8, 4) is 0 Å². The molecule has 0 aliphatic rings. The standard InChI is InChI=1S/C6H11Cl/c1-3-4-5-6(2)7/h3,6H,1,4-5H2,2H3/t6-/m0/s1. The predicted octanol–water partition coefficient (Wildman–Crippen LogP) is 2.58. The summed E-state index contributed by atoms with van der Waals surface area (Å²) in [5.74, 6) is 0. The molecule has 0 fully saturated rings. The Morgan fingerprint density at radius 1 is 1.86 bits per heavy atom. The summed E-state index contributed by atoms with van der Waals surface area (Å²) in [5, 5.41) is 0.304. The number of allylic oxidation sites excluding steroid dienone is 1. The van der Waals surface area contributed by atoms with Crippen LogP contribution >= 0.6 is 11.6 Å². The lowest BCUT2D eigenvalue weighted by atomic mass is 10.2. The van der Waals surface area contributed by atoms with Crippen LogP contribution in [0.15, 0.2) is 12.7 Å². The topological polar surface area (TPSA) is 0 Å². The van der Waals surface area contributed by atoms with Gasteiger partial charge in [0, 0.05) is 5.38 Å². The van der Waals surface area contributed by atoms with Gasteiger partial charge in [-0.1, -0.05) is 6.08 Å². The fraction of sp³-hybridized carbons (Fsp3) is 0.667. The molecule has 42 valence electrons. The molecule has 1 heteroatoms. The second kappa shape index (κ2) is 4.20. The van der Waals surface area contributed by atoms with Crippen LogP contribution in [0.5, 0.6) is 0 Å². The largest absolute Gasteiger partial charge is 0.123 e. The van der Waals surface area contributed by atoms with E-state index in [0.29, 0.717) is 5.38 Å². The summed E-state index contributed by atoms with van der Waals surface area (Å²) < 4.78 is 0. The van der Waals surface area contributed by atoms with Crippen molar-refractivity contribution < 1.29 is 0 Å². The smallest absolute Gasteiger partial charge is 0.0310 e. The van der Waals surface area contributed by atoms with Crippen LogP contribution in [-0.4, -0.2) is 5.38 Å². The average Bonchev–Trinajstić information content (AvgIpc) is 1.61. The lowest BCUT2D eigenvalue weighted by Crippen LogP contribution is -1.86. The maximum Gasteiger partial charge on any atom is 0.0310 e. The first-order chi connectivity index (χ1) is 3.27. The van der Waals surface area contributed by atoms with E-state index in [1.807, 2.05) is 13.0 Å². The molecule has 0 unspecified atom stereocenters. The minimum atomic E-state index is 0.304. The number of hydrogen-bond donors (Lipinski definition) is 0. The molecule has 0 aromatic carbocycles. The van der Waals surface area contributed by atoms with Gasteiger partial charge in [-0.25, -0.2) is 0 Å². The average molecular weight is 119 g/mol. The van der Waals surface area contributed by atoms with Crippen LogP contribution in [0, 0.1) is 0 Å². The van der Waals surface area contributed by atoms with E-state index in [-0.39, 0.29) is 0 Å². The minimum Gasteiger partial charge on any atom is -0.123 e. The summed E-state index contributed by atoms with van der Waals surface area (Å²) in [4.78, 5) is 0. The summed E-state index contributed by atoms with van der Waals surface area (Å²) in [7, 11) is 0. The molecule has 0 rings (SSSR count). The molecule has 0 bridgehead atoms. The molecule has 0 N–H and O–H groups in total. The number of hydrogen-bond acceptors (Lipinski definition) is 0. The number of alkyl halides is 1. The van der Waals surface area contributed by atoms with Crippen LogP contribution in [0.1, 0.15) is 19.8 Å². The monoisotopic (exact) mass is 118 g/mol. The van der Waals surface area contributed by atoms with Gasteiger partial charge in [-0.3, -0.25) is 0 Å². The first kappa shape index (κ1) is 7.03. The van der Waals surface area contributed by atoms with E-state index in [4.69, 9.17) is 11.6 Å². The van der Waals surface area contributed by atoms with Crippen molar-refractivity contribution in [2.75, 3.05) is 0 Å². The van der Waals surface area contributed by atoms with Crippen LogP contribution < -0.4 is 0 Å². The van der Waals surface area contributed by atoms with Crippen molar-refractivity contribution in [3.05, 3.63) is 12.7 Å². The Balaban J connectivity index is 2.81. The fourth-order valence-corrected chi connectivity index (χ4v) is 0.474. The summed E-state index contributed by atoms with van der Waals surface area (Å²) in [6, 6.07) is 0. The third kappa shape index (κ3) is 6.03. The van der Waals surface area contributed by atoms with Crippen molar-refractivity contribution in [3.63, 3.8) is 0 Å². The zero-order chi connectivity index (χ0) is 5.70. The van der Waals surface area contributed by atoms with Crippen LogP contribution in [0.3, 0.4) is 0 Å². The summed E-state index contributed by atoms with van der Waals surface area (Å²) in [6.45, 7) is 5.57. The van der Waals surface area contributed by atoms with E-state index >= 15 is 0 Å². The Hall–Kier alpha value is 0.0300. The Kier molecular flexibility index (Phi) is 4.21. The van der Waals surface area contributed by atoms with Gasteiger partial charge in [0.05, 0.1) is 0 Å². The molecular formula is C6H11Cl. The summed E-state index contributed by atoms with van der Waals surface area (Å²) in [6.07, 6.45) is 3.97. The lowest BCUT2D eigenvalue weighted by Gasteiger charge is -1.94. The zero-order valence-electron chi connectivity index (χ0n) is 4.65. The maximum absolute atomic E-state index is 5.61. The zero-order valence-corrected chi connectivity index (χ0v) is 5.41. The van der Waals surface area contributed by atoms with Crippen LogP contribution in [-0.2, 0) is 0 Å². The molecule has 7 heavy (non-hydrogen) atoms. The molecule has 0 nitrogen and oxygen atoms in total. The highest BCUT2D eigenvalue weighted by Crippen LogP contribution is 2.02. The van der Waals surface area contributed by atoms with Gasteiger partial charge in [0.1, 0.15) is 0 Å². The van der Waals surface area contributed by atoms with Crippen molar-refractivity contribution in [2.45, 2.75) is 25.1 Å². The Labute approximate surface area is 50.2 Å². The molecule has 0 aliphatic carbocycles. The van der Waals surface area contributed by atoms with Gasteiger partial charge in [0.15, 0.2) is 0 Å². The quantitative estimate of drug-likeness (QED) is 0.395. The van der Waals surface area contributed by atoms with Crippen molar-refractivity contribution >= 4 is 11.6 Å². The van der Waals surface area contributed by atoms with E-state index in [1.54, 1.807) is 0 Å². The predicted molar refractivity (Wildman–Crippen MR) is 34.7 cm³/mol.